The van der Waals surface area contributed by atoms with Crippen molar-refractivity contribution >= 4 is 34.1 Å². The van der Waals surface area contributed by atoms with Crippen molar-refractivity contribution in [3.05, 3.63) is 69.6 Å². The lowest BCUT2D eigenvalue weighted by Crippen LogP contribution is -2.06. The highest BCUT2D eigenvalue weighted by Crippen LogP contribution is 2.43. The van der Waals surface area contributed by atoms with Gasteiger partial charge in [0.1, 0.15) is 23.5 Å². The Kier molecular flexibility index (Phi) is 5.82. The van der Waals surface area contributed by atoms with Crippen molar-refractivity contribution in [2.45, 2.75) is 26.1 Å². The average molecular weight is 492 g/mol. The van der Waals surface area contributed by atoms with E-state index in [0.717, 1.165) is 11.1 Å². The molecule has 0 bridgehead atoms. The van der Waals surface area contributed by atoms with E-state index >= 15 is 0 Å². The van der Waals surface area contributed by atoms with E-state index in [1.54, 1.807) is 12.1 Å². The van der Waals surface area contributed by atoms with Crippen molar-refractivity contribution in [2.75, 3.05) is 5.73 Å². The number of alkyl halides is 3. The van der Waals surface area contributed by atoms with Crippen LogP contribution in [0.3, 0.4) is 0 Å². The van der Waals surface area contributed by atoms with Crippen LogP contribution in [0.4, 0.5) is 24.7 Å². The molecule has 0 aliphatic carbocycles. The van der Waals surface area contributed by atoms with Crippen molar-refractivity contribution < 1.29 is 22.8 Å². The van der Waals surface area contributed by atoms with E-state index in [1.165, 1.54) is 18.5 Å². The first kappa shape index (κ1) is 23.3. The van der Waals surface area contributed by atoms with Gasteiger partial charge in [0.25, 0.3) is 0 Å². The van der Waals surface area contributed by atoms with Crippen LogP contribution in [0.25, 0.3) is 22.2 Å². The highest BCUT2D eigenvalue weighted by Gasteiger charge is 2.35. The number of nitro groups is 1. The molecule has 0 fully saturated rings. The normalized spacial score (nSPS) is 11.9. The molecule has 4 aromatic rings. The monoisotopic (exact) mass is 491 g/mol. The lowest BCUT2D eigenvalue weighted by molar-refractivity contribution is -0.385. The topological polar surface area (TPSA) is 109 Å². The van der Waals surface area contributed by atoms with Gasteiger partial charge in [-0.25, -0.2) is 9.97 Å². The number of halogens is 4. The highest BCUT2D eigenvalue weighted by molar-refractivity contribution is 6.32. The Hall–Kier alpha value is -3.86. The molecule has 0 aliphatic heterocycles. The largest absolute Gasteiger partial charge is 0.449 e. The van der Waals surface area contributed by atoms with Gasteiger partial charge in [0.05, 0.1) is 20.9 Å². The summed E-state index contributed by atoms with van der Waals surface area (Å²) in [4.78, 5) is 18.8. The zero-order chi connectivity index (χ0) is 24.8. The van der Waals surface area contributed by atoms with Gasteiger partial charge in [0.2, 0.25) is 5.75 Å². The van der Waals surface area contributed by atoms with Crippen LogP contribution in [-0.4, -0.2) is 19.5 Å². The SMILES string of the molecule is CC(C)n1cc(-c2ccc(Oc3c(Cl)cc(C(F)(F)F)cc3[N+](=O)[O-])cc2)c2c(N)ncnc21. The van der Waals surface area contributed by atoms with Gasteiger partial charge >= 0.3 is 11.9 Å². The maximum atomic E-state index is 13.0. The molecule has 0 atom stereocenters. The molecule has 0 radical (unpaired) electrons. The number of hydrogen-bond donors (Lipinski definition) is 1. The standard InChI is InChI=1S/C22H17ClF3N5O3/c1-11(2)30-9-15(18-20(27)28-10-29-21(18)30)12-3-5-14(6-4-12)34-19-16(23)7-13(22(24,25)26)8-17(19)31(32)33/h3-11H,1-2H3,(H2,27,28,29). The zero-order valence-electron chi connectivity index (χ0n) is 17.8. The Bertz CT molecular complexity index is 1400. The van der Waals surface area contributed by atoms with Gasteiger partial charge in [-0.2, -0.15) is 13.2 Å². The Balaban J connectivity index is 1.73. The van der Waals surface area contributed by atoms with E-state index in [1.807, 2.05) is 24.6 Å². The van der Waals surface area contributed by atoms with Crippen LogP contribution in [0.5, 0.6) is 11.5 Å². The van der Waals surface area contributed by atoms with E-state index in [9.17, 15) is 23.3 Å². The molecule has 2 aromatic carbocycles. The average Bonchev–Trinajstić information content (AvgIpc) is 3.16. The molecule has 34 heavy (non-hydrogen) atoms. The molecule has 8 nitrogen and oxygen atoms in total. The second kappa shape index (κ2) is 8.49. The van der Waals surface area contributed by atoms with E-state index < -0.39 is 33.1 Å². The molecule has 12 heteroatoms. The van der Waals surface area contributed by atoms with Gasteiger partial charge in [0.15, 0.2) is 0 Å². The van der Waals surface area contributed by atoms with Gasteiger partial charge in [-0.3, -0.25) is 10.1 Å². The van der Waals surface area contributed by atoms with Crippen LogP contribution in [0, 0.1) is 10.1 Å². The van der Waals surface area contributed by atoms with Crippen LogP contribution in [0.2, 0.25) is 5.02 Å². The molecule has 2 heterocycles. The molecule has 0 unspecified atom stereocenters. The van der Waals surface area contributed by atoms with Gasteiger partial charge in [-0.05, 0) is 37.6 Å². The summed E-state index contributed by atoms with van der Waals surface area (Å²) >= 11 is 5.92. The van der Waals surface area contributed by atoms with Gasteiger partial charge in [-0.15, -0.1) is 0 Å². The fraction of sp³-hybridized carbons (Fsp3) is 0.182. The number of anilines is 1. The molecular weight excluding hydrogens is 475 g/mol. The molecule has 176 valence electrons. The Labute approximate surface area is 195 Å². The summed E-state index contributed by atoms with van der Waals surface area (Å²) < 4.78 is 46.6. The van der Waals surface area contributed by atoms with Crippen molar-refractivity contribution in [3.63, 3.8) is 0 Å². The van der Waals surface area contributed by atoms with E-state index in [4.69, 9.17) is 22.1 Å². The number of benzene rings is 2. The van der Waals surface area contributed by atoms with Crippen LogP contribution < -0.4 is 10.5 Å². The number of hydrogen-bond acceptors (Lipinski definition) is 6. The van der Waals surface area contributed by atoms with Crippen LogP contribution >= 0.6 is 11.6 Å². The first-order chi connectivity index (χ1) is 16.0. The Morgan fingerprint density at radius 2 is 1.85 bits per heavy atom. The Morgan fingerprint density at radius 3 is 2.44 bits per heavy atom. The molecule has 0 aliphatic rings. The molecule has 0 spiro atoms. The quantitative estimate of drug-likeness (QED) is 0.248. The van der Waals surface area contributed by atoms with Gasteiger partial charge in [0, 0.05) is 23.9 Å². The van der Waals surface area contributed by atoms with Gasteiger partial charge in [-0.1, -0.05) is 23.7 Å². The van der Waals surface area contributed by atoms with Crippen molar-refractivity contribution in [1.82, 2.24) is 14.5 Å². The number of nitrogen functional groups attached to an aromatic ring is 1. The van der Waals surface area contributed by atoms with Crippen LogP contribution in [-0.2, 0) is 6.18 Å². The van der Waals surface area contributed by atoms with Crippen LogP contribution in [0.1, 0.15) is 25.5 Å². The lowest BCUT2D eigenvalue weighted by Gasteiger charge is -2.12. The number of rotatable bonds is 5. The van der Waals surface area contributed by atoms with Crippen molar-refractivity contribution in [3.8, 4) is 22.6 Å². The summed E-state index contributed by atoms with van der Waals surface area (Å²) in [6, 6.07) is 7.49. The first-order valence-electron chi connectivity index (χ1n) is 9.91. The minimum absolute atomic E-state index is 0.107. The number of nitro benzene ring substituents is 1. The molecule has 4 rings (SSSR count). The third-order valence-corrected chi connectivity index (χ3v) is 5.41. The summed E-state index contributed by atoms with van der Waals surface area (Å²) in [7, 11) is 0. The van der Waals surface area contributed by atoms with E-state index in [0.29, 0.717) is 29.0 Å². The number of nitrogens with two attached hydrogens (primary N) is 1. The second-order valence-electron chi connectivity index (χ2n) is 7.69. The third-order valence-electron chi connectivity index (χ3n) is 5.13. The van der Waals surface area contributed by atoms with Crippen LogP contribution in [0.15, 0.2) is 48.9 Å². The second-order valence-corrected chi connectivity index (χ2v) is 8.10. The molecule has 2 aromatic heterocycles. The minimum atomic E-state index is -4.80. The summed E-state index contributed by atoms with van der Waals surface area (Å²) in [5.41, 5.74) is 6.14. The number of nitrogens with zero attached hydrogens (tertiary/aromatic N) is 4. The van der Waals surface area contributed by atoms with Crippen molar-refractivity contribution in [2.24, 2.45) is 0 Å². The Morgan fingerprint density at radius 1 is 1.18 bits per heavy atom. The predicted molar refractivity (Wildman–Crippen MR) is 121 cm³/mol. The fourth-order valence-corrected chi connectivity index (χ4v) is 3.77. The summed E-state index contributed by atoms with van der Waals surface area (Å²) in [6.07, 6.45) is -1.51. The first-order valence-corrected chi connectivity index (χ1v) is 10.3. The number of aromatic nitrogens is 3. The molecule has 0 amide bonds. The smallest absolute Gasteiger partial charge is 0.416 e. The predicted octanol–water partition coefficient (Wildman–Crippen LogP) is 6.63. The molecular formula is C22H17ClF3N5O3. The zero-order valence-corrected chi connectivity index (χ0v) is 18.6. The fourth-order valence-electron chi connectivity index (χ4n) is 3.52. The highest BCUT2D eigenvalue weighted by atomic mass is 35.5. The molecule has 2 N–H and O–H groups in total. The number of ether oxygens (including phenoxy) is 1. The maximum Gasteiger partial charge on any atom is 0.416 e. The maximum absolute atomic E-state index is 13.0. The summed E-state index contributed by atoms with van der Waals surface area (Å²) in [5.74, 6) is -0.0290. The third kappa shape index (κ3) is 4.21. The molecule has 0 saturated heterocycles. The summed E-state index contributed by atoms with van der Waals surface area (Å²) in [5, 5.41) is 11.5. The van der Waals surface area contributed by atoms with E-state index in [2.05, 4.69) is 9.97 Å². The lowest BCUT2D eigenvalue weighted by atomic mass is 10.1. The summed E-state index contributed by atoms with van der Waals surface area (Å²) in [6.45, 7) is 4.00. The van der Waals surface area contributed by atoms with Gasteiger partial charge < -0.3 is 15.0 Å². The van der Waals surface area contributed by atoms with Crippen molar-refractivity contribution in [1.29, 1.82) is 0 Å². The number of fused-ring (bicyclic) bond motifs is 1. The van der Waals surface area contributed by atoms with E-state index in [-0.39, 0.29) is 11.8 Å². The molecule has 0 saturated carbocycles. The minimum Gasteiger partial charge on any atom is -0.449 e.